The molecule has 0 spiro atoms. The fourth-order valence-corrected chi connectivity index (χ4v) is 3.22. The van der Waals surface area contributed by atoms with E-state index in [1.54, 1.807) is 28.8 Å². The van der Waals surface area contributed by atoms with Gasteiger partial charge >= 0.3 is 5.97 Å². The zero-order valence-corrected chi connectivity index (χ0v) is 13.8. The molecule has 1 aromatic carbocycles. The molecule has 0 saturated heterocycles. The van der Waals surface area contributed by atoms with E-state index in [1.807, 2.05) is 6.92 Å². The van der Waals surface area contributed by atoms with Crippen LogP contribution in [-0.2, 0) is 17.8 Å². The second-order valence-corrected chi connectivity index (χ2v) is 6.28. The Morgan fingerprint density at radius 1 is 1.48 bits per heavy atom. The lowest BCUT2D eigenvalue weighted by Gasteiger charge is -2.25. The molecule has 7 heteroatoms. The van der Waals surface area contributed by atoms with Crippen LogP contribution in [0.5, 0.6) is 0 Å². The summed E-state index contributed by atoms with van der Waals surface area (Å²) in [5.74, 6) is -1.55. The predicted octanol–water partition coefficient (Wildman–Crippen LogP) is 2.38. The summed E-state index contributed by atoms with van der Waals surface area (Å²) in [4.78, 5) is 18.7. The van der Waals surface area contributed by atoms with Gasteiger partial charge in [0.1, 0.15) is 11.9 Å². The average molecular weight is 338 g/mol. The van der Waals surface area contributed by atoms with Gasteiger partial charge in [-0.25, -0.2) is 9.37 Å². The lowest BCUT2D eigenvalue weighted by Crippen LogP contribution is -2.32. The summed E-state index contributed by atoms with van der Waals surface area (Å²) in [6.07, 6.45) is 0.699. The summed E-state index contributed by atoms with van der Waals surface area (Å²) in [7, 11) is 1.72. The maximum atomic E-state index is 13.5. The molecular weight excluding hydrogens is 319 g/mol. The summed E-state index contributed by atoms with van der Waals surface area (Å²) in [6.45, 7) is 2.00. The number of likely N-dealkylation sites (N-methyl/N-ethyl adjacent to an activating group) is 1. The van der Waals surface area contributed by atoms with Crippen molar-refractivity contribution < 1.29 is 19.4 Å². The number of carbonyl (C=O) groups is 1. The van der Waals surface area contributed by atoms with E-state index in [0.29, 0.717) is 18.5 Å². The number of aryl methyl sites for hydroxylation is 1. The van der Waals surface area contributed by atoms with Gasteiger partial charge in [0.25, 0.3) is 0 Å². The summed E-state index contributed by atoms with van der Waals surface area (Å²) in [6, 6.07) is 3.15. The van der Waals surface area contributed by atoms with E-state index in [2.05, 4.69) is 4.98 Å². The van der Waals surface area contributed by atoms with Gasteiger partial charge < -0.3 is 10.2 Å². The second-order valence-electron chi connectivity index (χ2n) is 5.34. The number of nitrogens with zero attached hydrogens (tertiary/aromatic N) is 2. The van der Waals surface area contributed by atoms with E-state index >= 15 is 0 Å². The number of aliphatic hydroxyl groups excluding tert-OH is 1. The van der Waals surface area contributed by atoms with Gasteiger partial charge in [-0.2, -0.15) is 0 Å². The van der Waals surface area contributed by atoms with Gasteiger partial charge in [0, 0.05) is 17.0 Å². The Bertz CT molecular complexity index is 690. The topological polar surface area (TPSA) is 73.7 Å². The van der Waals surface area contributed by atoms with E-state index < -0.39 is 24.4 Å². The summed E-state index contributed by atoms with van der Waals surface area (Å²) in [5.41, 5.74) is 3.28. The third-order valence-corrected chi connectivity index (χ3v) is 4.76. The van der Waals surface area contributed by atoms with Crippen molar-refractivity contribution in [2.45, 2.75) is 26.0 Å². The van der Waals surface area contributed by atoms with Crippen LogP contribution >= 0.6 is 11.3 Å². The van der Waals surface area contributed by atoms with E-state index in [9.17, 15) is 14.3 Å². The van der Waals surface area contributed by atoms with Crippen LogP contribution in [0.15, 0.2) is 23.7 Å². The van der Waals surface area contributed by atoms with Crippen molar-refractivity contribution in [3.05, 3.63) is 51.2 Å². The number of benzene rings is 1. The summed E-state index contributed by atoms with van der Waals surface area (Å²) in [5, 5.41) is 18.7. The first-order valence-corrected chi connectivity index (χ1v) is 8.03. The Labute approximate surface area is 138 Å². The highest BCUT2D eigenvalue weighted by Crippen LogP contribution is 2.23. The highest BCUT2D eigenvalue weighted by Gasteiger charge is 2.25. The zero-order chi connectivity index (χ0) is 17.0. The normalized spacial score (nSPS) is 12.6. The molecule has 0 aliphatic rings. The molecule has 0 amide bonds. The molecule has 0 aliphatic carbocycles. The number of hydrogen-bond acceptors (Lipinski definition) is 5. The van der Waals surface area contributed by atoms with Gasteiger partial charge in [0.15, 0.2) is 0 Å². The number of carboxylic acids is 1. The van der Waals surface area contributed by atoms with Gasteiger partial charge in [0.05, 0.1) is 17.8 Å². The molecule has 0 saturated carbocycles. The first-order chi connectivity index (χ1) is 10.9. The molecule has 0 unspecified atom stereocenters. The van der Waals surface area contributed by atoms with Crippen LogP contribution in [0.3, 0.4) is 0 Å². The Morgan fingerprint density at radius 2 is 2.22 bits per heavy atom. The van der Waals surface area contributed by atoms with Crippen molar-refractivity contribution in [1.29, 1.82) is 0 Å². The molecule has 0 aliphatic heterocycles. The molecule has 0 bridgehead atoms. The first-order valence-electron chi connectivity index (χ1n) is 7.15. The fourth-order valence-electron chi connectivity index (χ4n) is 2.44. The lowest BCUT2D eigenvalue weighted by molar-refractivity contribution is -0.143. The van der Waals surface area contributed by atoms with Gasteiger partial charge in [0.2, 0.25) is 0 Å². The Kier molecular flexibility index (Phi) is 5.81. The number of aromatic nitrogens is 1. The van der Waals surface area contributed by atoms with Crippen LogP contribution in [0.1, 0.15) is 27.7 Å². The maximum Gasteiger partial charge on any atom is 0.325 e. The molecule has 5 nitrogen and oxygen atoms in total. The smallest absolute Gasteiger partial charge is 0.325 e. The number of thiazole rings is 1. The molecule has 0 radical (unpaired) electrons. The molecule has 124 valence electrons. The van der Waals surface area contributed by atoms with Crippen molar-refractivity contribution in [2.75, 3.05) is 13.6 Å². The van der Waals surface area contributed by atoms with Crippen molar-refractivity contribution in [1.82, 2.24) is 9.88 Å². The number of aliphatic carboxylic acids is 1. The summed E-state index contributed by atoms with van der Waals surface area (Å²) >= 11 is 1.55. The highest BCUT2D eigenvalue weighted by molar-refractivity contribution is 7.09. The SMILES string of the molecule is Cc1ncsc1CCN(C)[C@@H](C(=O)O)c1ccc(F)c(CO)c1. The monoisotopic (exact) mass is 338 g/mol. The number of rotatable bonds is 7. The molecule has 2 aromatic rings. The van der Waals surface area contributed by atoms with E-state index in [-0.39, 0.29) is 5.56 Å². The molecule has 1 heterocycles. The highest BCUT2D eigenvalue weighted by atomic mass is 32.1. The standard InChI is InChI=1S/C16H19FN2O3S/c1-10-14(23-9-18-10)5-6-19(2)15(16(21)22)11-3-4-13(17)12(7-11)8-20/h3-4,7,9,15,20H,5-6,8H2,1-2H3,(H,21,22)/t15-/m1/s1. The lowest BCUT2D eigenvalue weighted by atomic mass is 10.0. The molecular formula is C16H19FN2O3S. The maximum absolute atomic E-state index is 13.5. The number of halogens is 1. The van der Waals surface area contributed by atoms with Crippen LogP contribution in [0.2, 0.25) is 0 Å². The van der Waals surface area contributed by atoms with Crippen molar-refractivity contribution in [3.8, 4) is 0 Å². The third-order valence-electron chi connectivity index (χ3n) is 3.77. The largest absolute Gasteiger partial charge is 0.480 e. The van der Waals surface area contributed by atoms with E-state index in [1.165, 1.54) is 18.2 Å². The van der Waals surface area contributed by atoms with Crippen LogP contribution in [0.4, 0.5) is 4.39 Å². The first kappa shape index (κ1) is 17.5. The van der Waals surface area contributed by atoms with Crippen molar-refractivity contribution in [3.63, 3.8) is 0 Å². The van der Waals surface area contributed by atoms with Crippen molar-refractivity contribution in [2.24, 2.45) is 0 Å². The molecule has 0 fully saturated rings. The van der Waals surface area contributed by atoms with Crippen LogP contribution in [0, 0.1) is 12.7 Å². The third kappa shape index (κ3) is 4.13. The van der Waals surface area contributed by atoms with Crippen LogP contribution in [-0.4, -0.2) is 39.7 Å². The van der Waals surface area contributed by atoms with Gasteiger partial charge in [-0.1, -0.05) is 6.07 Å². The molecule has 23 heavy (non-hydrogen) atoms. The number of hydrogen-bond donors (Lipinski definition) is 2. The molecule has 2 rings (SSSR count). The summed E-state index contributed by atoms with van der Waals surface area (Å²) < 4.78 is 13.5. The molecule has 1 aromatic heterocycles. The van der Waals surface area contributed by atoms with Gasteiger partial charge in [-0.3, -0.25) is 9.69 Å². The number of aliphatic hydroxyl groups is 1. The molecule has 2 N–H and O–H groups in total. The van der Waals surface area contributed by atoms with Crippen LogP contribution < -0.4 is 0 Å². The Balaban J connectivity index is 2.17. The fraction of sp³-hybridized carbons (Fsp3) is 0.375. The molecule has 1 atom stereocenters. The van der Waals surface area contributed by atoms with Gasteiger partial charge in [-0.15, -0.1) is 11.3 Å². The van der Waals surface area contributed by atoms with E-state index in [0.717, 1.165) is 10.6 Å². The Hall–Kier alpha value is -1.83. The minimum Gasteiger partial charge on any atom is -0.480 e. The van der Waals surface area contributed by atoms with Gasteiger partial charge in [-0.05, 0) is 38.1 Å². The zero-order valence-electron chi connectivity index (χ0n) is 13.0. The minimum absolute atomic E-state index is 0.0976. The second kappa shape index (κ2) is 7.63. The number of carboxylic acid groups (broad SMARTS) is 1. The van der Waals surface area contributed by atoms with E-state index in [4.69, 9.17) is 5.11 Å². The Morgan fingerprint density at radius 3 is 2.78 bits per heavy atom. The quantitative estimate of drug-likeness (QED) is 0.811. The van der Waals surface area contributed by atoms with Crippen molar-refractivity contribution >= 4 is 17.3 Å². The average Bonchev–Trinajstić information content (AvgIpc) is 2.92. The van der Waals surface area contributed by atoms with Crippen LogP contribution in [0.25, 0.3) is 0 Å². The minimum atomic E-state index is -1.01. The predicted molar refractivity (Wildman–Crippen MR) is 85.9 cm³/mol.